The number of piperidine rings is 1. The van der Waals surface area contributed by atoms with Crippen LogP contribution in [0.25, 0.3) is 0 Å². The monoisotopic (exact) mass is 281 g/mol. The first-order valence-corrected chi connectivity index (χ1v) is 7.48. The van der Waals surface area contributed by atoms with E-state index in [9.17, 15) is 8.78 Å². The Morgan fingerprint density at radius 1 is 1.05 bits per heavy atom. The summed E-state index contributed by atoms with van der Waals surface area (Å²) in [7, 11) is 0. The number of hydrogen-bond acceptors (Lipinski definition) is 3. The topological polar surface area (TPSA) is 21.7 Å². The molecule has 2 heterocycles. The highest BCUT2D eigenvalue weighted by Gasteiger charge is 2.60. The summed E-state index contributed by atoms with van der Waals surface area (Å²) in [6.45, 7) is 11.6. The van der Waals surface area contributed by atoms with Crippen molar-refractivity contribution in [3.05, 3.63) is 0 Å². The van der Waals surface area contributed by atoms with Crippen molar-refractivity contribution in [3.63, 3.8) is 0 Å². The molecule has 0 unspecified atom stereocenters. The van der Waals surface area contributed by atoms with Gasteiger partial charge < -0.3 is 9.47 Å². The van der Waals surface area contributed by atoms with Crippen molar-refractivity contribution in [1.82, 2.24) is 4.90 Å². The first kappa shape index (κ1) is 18.7. The van der Waals surface area contributed by atoms with Crippen LogP contribution in [0.15, 0.2) is 0 Å². The van der Waals surface area contributed by atoms with E-state index in [1.54, 1.807) is 4.90 Å². The van der Waals surface area contributed by atoms with Gasteiger partial charge in [-0.15, -0.1) is 0 Å². The maximum absolute atomic E-state index is 13.9. The van der Waals surface area contributed by atoms with Crippen LogP contribution in [0.2, 0.25) is 0 Å². The molecule has 116 valence electrons. The normalized spacial score (nSPS) is 24.8. The maximum atomic E-state index is 13.9. The number of nitrogens with zero attached hydrogens (tertiary/aromatic N) is 1. The Hall–Kier alpha value is -0.260. The quantitative estimate of drug-likeness (QED) is 0.734. The molecule has 0 amide bonds. The number of rotatable bonds is 1. The number of ether oxygens (including phenoxy) is 2. The summed E-state index contributed by atoms with van der Waals surface area (Å²) >= 11 is 0. The number of hydrogen-bond donors (Lipinski definition) is 0. The lowest BCUT2D eigenvalue weighted by molar-refractivity contribution is -0.373. The summed E-state index contributed by atoms with van der Waals surface area (Å²) in [6, 6.07) is 0. The Balaban J connectivity index is 0.000000741. The van der Waals surface area contributed by atoms with Crippen molar-refractivity contribution in [2.24, 2.45) is 0 Å². The van der Waals surface area contributed by atoms with Gasteiger partial charge in [-0.05, 0) is 13.0 Å². The van der Waals surface area contributed by atoms with Gasteiger partial charge in [0.05, 0.1) is 19.8 Å². The standard InChI is InChI=1S/C10H17F2NO2.2C2H6/c1-2-13-5-4-10(9(11,12)8-13)14-6-3-7-15-10;2*1-2/h2-8H2,1H3;2*1-2H3. The maximum Gasteiger partial charge on any atom is 0.313 e. The van der Waals surface area contributed by atoms with Gasteiger partial charge in [0.25, 0.3) is 0 Å². The number of alkyl halides is 2. The zero-order valence-corrected chi connectivity index (χ0v) is 13.0. The summed E-state index contributed by atoms with van der Waals surface area (Å²) in [5.74, 6) is -4.54. The molecule has 1 spiro atoms. The van der Waals surface area contributed by atoms with Crippen LogP contribution in [0.3, 0.4) is 0 Å². The highest BCUT2D eigenvalue weighted by Crippen LogP contribution is 2.42. The van der Waals surface area contributed by atoms with E-state index in [1.807, 2.05) is 34.6 Å². The molecular weight excluding hydrogens is 252 g/mol. The summed E-state index contributed by atoms with van der Waals surface area (Å²) in [4.78, 5) is 1.73. The Bertz CT molecular complexity index is 231. The van der Waals surface area contributed by atoms with E-state index in [1.165, 1.54) is 0 Å². The summed E-state index contributed by atoms with van der Waals surface area (Å²) in [5.41, 5.74) is 0. The highest BCUT2D eigenvalue weighted by atomic mass is 19.3. The fraction of sp³-hybridized carbons (Fsp3) is 1.00. The second-order valence-electron chi connectivity index (χ2n) is 4.13. The number of halogens is 2. The molecule has 2 fully saturated rings. The molecule has 19 heavy (non-hydrogen) atoms. The van der Waals surface area contributed by atoms with Crippen molar-refractivity contribution in [1.29, 1.82) is 0 Å². The largest absolute Gasteiger partial charge is 0.345 e. The summed E-state index contributed by atoms with van der Waals surface area (Å²) in [5, 5.41) is 0. The minimum atomic E-state index is -2.90. The molecule has 2 rings (SSSR count). The molecule has 0 atom stereocenters. The Morgan fingerprint density at radius 2 is 1.58 bits per heavy atom. The molecular formula is C14H29F2NO2. The van der Waals surface area contributed by atoms with Crippen LogP contribution in [0.5, 0.6) is 0 Å². The van der Waals surface area contributed by atoms with E-state index in [0.717, 1.165) is 0 Å². The minimum absolute atomic E-state index is 0.258. The molecule has 0 aromatic rings. The average molecular weight is 281 g/mol. The van der Waals surface area contributed by atoms with Crippen molar-refractivity contribution in [2.75, 3.05) is 32.8 Å². The molecule has 0 N–H and O–H groups in total. The van der Waals surface area contributed by atoms with Crippen LogP contribution in [0, 0.1) is 0 Å². The molecule has 3 nitrogen and oxygen atoms in total. The third-order valence-electron chi connectivity index (χ3n) is 3.14. The van der Waals surface area contributed by atoms with Crippen LogP contribution in [-0.4, -0.2) is 49.5 Å². The number of likely N-dealkylation sites (tertiary alicyclic amines) is 1. The lowest BCUT2D eigenvalue weighted by Crippen LogP contribution is -2.64. The first-order chi connectivity index (χ1) is 9.10. The first-order valence-electron chi connectivity index (χ1n) is 7.48. The van der Waals surface area contributed by atoms with Crippen molar-refractivity contribution in [3.8, 4) is 0 Å². The molecule has 5 heteroatoms. The van der Waals surface area contributed by atoms with Crippen LogP contribution >= 0.6 is 0 Å². The van der Waals surface area contributed by atoms with Crippen LogP contribution < -0.4 is 0 Å². The Labute approximate surface area is 116 Å². The predicted octanol–water partition coefficient (Wildman–Crippen LogP) is 3.53. The van der Waals surface area contributed by atoms with Gasteiger partial charge in [-0.1, -0.05) is 34.6 Å². The molecule has 2 aliphatic rings. The lowest BCUT2D eigenvalue weighted by atomic mass is 9.98. The lowest BCUT2D eigenvalue weighted by Gasteiger charge is -2.47. The fourth-order valence-electron chi connectivity index (χ4n) is 2.17. The molecule has 0 radical (unpaired) electrons. The molecule has 2 saturated heterocycles. The molecule has 0 aromatic carbocycles. The molecule has 0 aliphatic carbocycles. The van der Waals surface area contributed by atoms with Gasteiger partial charge in [0, 0.05) is 13.0 Å². The molecule has 2 aliphatic heterocycles. The molecule has 0 saturated carbocycles. The van der Waals surface area contributed by atoms with E-state index in [-0.39, 0.29) is 13.0 Å². The van der Waals surface area contributed by atoms with E-state index < -0.39 is 11.7 Å². The van der Waals surface area contributed by atoms with Crippen molar-refractivity contribution >= 4 is 0 Å². The minimum Gasteiger partial charge on any atom is -0.345 e. The van der Waals surface area contributed by atoms with Gasteiger partial charge in [0.1, 0.15) is 0 Å². The summed E-state index contributed by atoms with van der Waals surface area (Å²) < 4.78 is 38.2. The highest BCUT2D eigenvalue weighted by molar-refractivity contribution is 4.95. The third-order valence-corrected chi connectivity index (χ3v) is 3.14. The zero-order chi connectivity index (χ0) is 14.9. The van der Waals surface area contributed by atoms with Crippen LogP contribution in [-0.2, 0) is 9.47 Å². The Morgan fingerprint density at radius 3 is 2.00 bits per heavy atom. The Kier molecular flexibility index (Phi) is 8.70. The van der Waals surface area contributed by atoms with Crippen molar-refractivity contribution in [2.45, 2.75) is 59.2 Å². The average Bonchev–Trinajstić information content (AvgIpc) is 2.47. The zero-order valence-electron chi connectivity index (χ0n) is 13.0. The predicted molar refractivity (Wildman–Crippen MR) is 73.6 cm³/mol. The van der Waals surface area contributed by atoms with E-state index in [0.29, 0.717) is 32.7 Å². The van der Waals surface area contributed by atoms with Crippen LogP contribution in [0.1, 0.15) is 47.5 Å². The third kappa shape index (κ3) is 4.36. The van der Waals surface area contributed by atoms with Gasteiger partial charge >= 0.3 is 5.92 Å². The molecule has 0 aromatic heterocycles. The second kappa shape index (κ2) is 8.82. The van der Waals surface area contributed by atoms with Gasteiger partial charge in [0.2, 0.25) is 5.79 Å². The van der Waals surface area contributed by atoms with E-state index >= 15 is 0 Å². The smallest absolute Gasteiger partial charge is 0.313 e. The van der Waals surface area contributed by atoms with Gasteiger partial charge in [0.15, 0.2) is 0 Å². The molecule has 0 bridgehead atoms. The summed E-state index contributed by atoms with van der Waals surface area (Å²) in [6.07, 6.45) is 0.961. The SMILES string of the molecule is CC.CC.CCN1CCC2(OCCCO2)C(F)(F)C1. The van der Waals surface area contributed by atoms with Gasteiger partial charge in [-0.3, -0.25) is 4.90 Å². The van der Waals surface area contributed by atoms with Crippen LogP contribution in [0.4, 0.5) is 8.78 Å². The van der Waals surface area contributed by atoms with Gasteiger partial charge in [-0.2, -0.15) is 8.78 Å². The van der Waals surface area contributed by atoms with Gasteiger partial charge in [-0.25, -0.2) is 0 Å². The van der Waals surface area contributed by atoms with E-state index in [2.05, 4.69) is 0 Å². The van der Waals surface area contributed by atoms with Crippen molar-refractivity contribution < 1.29 is 18.3 Å². The second-order valence-corrected chi connectivity index (χ2v) is 4.13. The van der Waals surface area contributed by atoms with E-state index in [4.69, 9.17) is 9.47 Å². The fourth-order valence-corrected chi connectivity index (χ4v) is 2.17.